The van der Waals surface area contributed by atoms with Gasteiger partial charge in [0.25, 0.3) is 5.91 Å². The van der Waals surface area contributed by atoms with Crippen LogP contribution in [-0.2, 0) is 4.79 Å². The van der Waals surface area contributed by atoms with E-state index in [-0.39, 0.29) is 0 Å². The first-order valence-corrected chi connectivity index (χ1v) is 4.55. The Morgan fingerprint density at radius 3 is 2.41 bits per heavy atom. The van der Waals surface area contributed by atoms with Crippen molar-refractivity contribution in [2.75, 3.05) is 7.11 Å². The summed E-state index contributed by atoms with van der Waals surface area (Å²) in [6.07, 6.45) is 0. The third kappa shape index (κ3) is 3.49. The van der Waals surface area contributed by atoms with Gasteiger partial charge in [-0.3, -0.25) is 4.79 Å². The Morgan fingerprint density at radius 1 is 1.35 bits per heavy atom. The highest BCUT2D eigenvalue weighted by atomic mass is 16.5. The quantitative estimate of drug-likeness (QED) is 0.382. The fraction of sp³-hybridized carbons (Fsp3) is 0.100. The number of aliphatic carboxylic acids is 1. The van der Waals surface area contributed by atoms with Gasteiger partial charge in [0.2, 0.25) is 5.84 Å². The molecular weight excluding hydrogens is 226 g/mol. The van der Waals surface area contributed by atoms with Gasteiger partial charge in [-0.1, -0.05) is 0 Å². The fourth-order valence-electron chi connectivity index (χ4n) is 0.966. The Balaban J connectivity index is 2.70. The van der Waals surface area contributed by atoms with E-state index in [4.69, 9.17) is 15.6 Å². The van der Waals surface area contributed by atoms with Crippen molar-refractivity contribution >= 4 is 17.7 Å². The summed E-state index contributed by atoms with van der Waals surface area (Å²) in [5.41, 5.74) is 7.34. The number of benzene rings is 1. The molecule has 1 aromatic rings. The molecule has 4 N–H and O–H groups in total. The molecule has 0 saturated carbocycles. The molecule has 7 heteroatoms. The average Bonchev–Trinajstić information content (AvgIpc) is 2.35. The summed E-state index contributed by atoms with van der Waals surface area (Å²) in [5, 5.41) is 11.6. The van der Waals surface area contributed by atoms with Crippen LogP contribution in [0, 0.1) is 0 Å². The number of carbonyl (C=O) groups is 2. The van der Waals surface area contributed by atoms with Crippen LogP contribution < -0.4 is 15.9 Å². The predicted octanol–water partition coefficient (Wildman–Crippen LogP) is -0.218. The number of hydrogen-bond donors (Lipinski definition) is 3. The van der Waals surface area contributed by atoms with E-state index in [0.717, 1.165) is 0 Å². The van der Waals surface area contributed by atoms with Crippen LogP contribution in [0.4, 0.5) is 0 Å². The van der Waals surface area contributed by atoms with Crippen LogP contribution in [0.2, 0.25) is 0 Å². The van der Waals surface area contributed by atoms with E-state index in [2.05, 4.69) is 5.10 Å². The van der Waals surface area contributed by atoms with Gasteiger partial charge in [-0.2, -0.15) is 0 Å². The molecule has 1 aromatic carbocycles. The lowest BCUT2D eigenvalue weighted by atomic mass is 10.2. The van der Waals surface area contributed by atoms with Crippen molar-refractivity contribution in [3.05, 3.63) is 29.8 Å². The van der Waals surface area contributed by atoms with Gasteiger partial charge in [0.1, 0.15) is 5.75 Å². The van der Waals surface area contributed by atoms with Crippen LogP contribution >= 0.6 is 0 Å². The normalized spacial score (nSPS) is 10.8. The van der Waals surface area contributed by atoms with E-state index in [1.54, 1.807) is 12.1 Å². The van der Waals surface area contributed by atoms with Crippen molar-refractivity contribution < 1.29 is 19.4 Å². The summed E-state index contributed by atoms with van der Waals surface area (Å²) in [6, 6.07) is 6.22. The lowest BCUT2D eigenvalue weighted by Gasteiger charge is -2.02. The van der Waals surface area contributed by atoms with Gasteiger partial charge in [-0.05, 0) is 24.3 Å². The minimum atomic E-state index is -1.40. The minimum Gasteiger partial charge on any atom is -0.497 e. The van der Waals surface area contributed by atoms with Crippen LogP contribution in [-0.4, -0.2) is 29.9 Å². The standard InChI is InChI=1S/C10H11N3O4/c1-17-7-4-2-6(3-5-7)9(14)13-12-8(11)10(15)16/h2-5H,1H3,(H2,11,12)(H,13,14)(H,15,16). The summed E-state index contributed by atoms with van der Waals surface area (Å²) in [7, 11) is 1.51. The number of ether oxygens (including phenoxy) is 1. The number of carboxylic acid groups (broad SMARTS) is 1. The van der Waals surface area contributed by atoms with Gasteiger partial charge >= 0.3 is 5.97 Å². The van der Waals surface area contributed by atoms with Gasteiger partial charge in [0.05, 0.1) is 7.11 Å². The van der Waals surface area contributed by atoms with E-state index in [1.165, 1.54) is 19.2 Å². The summed E-state index contributed by atoms with van der Waals surface area (Å²) in [4.78, 5) is 21.8. The second kappa shape index (κ2) is 5.50. The topological polar surface area (TPSA) is 114 Å². The second-order valence-electron chi connectivity index (χ2n) is 2.97. The first kappa shape index (κ1) is 12.5. The fourth-order valence-corrected chi connectivity index (χ4v) is 0.966. The molecule has 0 aromatic heterocycles. The molecule has 0 heterocycles. The molecule has 7 nitrogen and oxygen atoms in total. The van der Waals surface area contributed by atoms with Gasteiger partial charge in [0, 0.05) is 5.56 Å². The number of amides is 1. The Kier molecular flexibility index (Phi) is 4.04. The maximum atomic E-state index is 11.5. The third-order valence-electron chi connectivity index (χ3n) is 1.85. The molecule has 1 rings (SSSR count). The Hall–Kier alpha value is -2.57. The molecule has 0 radical (unpaired) electrons. The zero-order chi connectivity index (χ0) is 12.8. The van der Waals surface area contributed by atoms with Crippen molar-refractivity contribution in [3.63, 3.8) is 0 Å². The number of hydrazone groups is 1. The van der Waals surface area contributed by atoms with E-state index in [1.807, 2.05) is 5.43 Å². The number of carbonyl (C=O) groups excluding carboxylic acids is 1. The van der Waals surface area contributed by atoms with Crippen LogP contribution in [0.1, 0.15) is 10.4 Å². The Morgan fingerprint density at radius 2 is 1.94 bits per heavy atom. The number of nitrogens with two attached hydrogens (primary N) is 1. The smallest absolute Gasteiger partial charge is 0.373 e. The van der Waals surface area contributed by atoms with E-state index in [9.17, 15) is 9.59 Å². The molecule has 0 bridgehead atoms. The first-order valence-electron chi connectivity index (χ1n) is 4.55. The molecule has 1 amide bonds. The van der Waals surface area contributed by atoms with Gasteiger partial charge in [0.15, 0.2) is 0 Å². The number of amidine groups is 1. The van der Waals surface area contributed by atoms with Crippen molar-refractivity contribution in [1.82, 2.24) is 5.43 Å². The van der Waals surface area contributed by atoms with Gasteiger partial charge in [-0.25, -0.2) is 10.2 Å². The Labute approximate surface area is 96.9 Å². The zero-order valence-electron chi connectivity index (χ0n) is 9.01. The molecule has 0 spiro atoms. The number of nitrogens with one attached hydrogen (secondary N) is 1. The number of carboxylic acids is 1. The molecular formula is C10H11N3O4. The summed E-state index contributed by atoms with van der Waals surface area (Å²) in [5.74, 6) is -2.04. The van der Waals surface area contributed by atoms with Crippen LogP contribution in [0.25, 0.3) is 0 Å². The molecule has 0 aliphatic rings. The molecule has 0 unspecified atom stereocenters. The summed E-state index contributed by atoms with van der Waals surface area (Å²) in [6.45, 7) is 0. The SMILES string of the molecule is COc1ccc(C(=O)N/N=C(\N)C(=O)O)cc1. The number of hydrogen-bond acceptors (Lipinski definition) is 4. The van der Waals surface area contributed by atoms with Crippen molar-refractivity contribution in [2.45, 2.75) is 0 Å². The molecule has 0 atom stereocenters. The monoisotopic (exact) mass is 237 g/mol. The van der Waals surface area contributed by atoms with Crippen molar-refractivity contribution in [2.24, 2.45) is 10.8 Å². The van der Waals surface area contributed by atoms with Crippen LogP contribution in [0.3, 0.4) is 0 Å². The Bertz CT molecular complexity index is 453. The maximum absolute atomic E-state index is 11.5. The van der Waals surface area contributed by atoms with Gasteiger partial charge in [-0.15, -0.1) is 5.10 Å². The molecule has 0 aliphatic heterocycles. The molecule has 90 valence electrons. The van der Waals surface area contributed by atoms with E-state index >= 15 is 0 Å². The average molecular weight is 237 g/mol. The van der Waals surface area contributed by atoms with Crippen molar-refractivity contribution in [1.29, 1.82) is 0 Å². The van der Waals surface area contributed by atoms with E-state index < -0.39 is 17.7 Å². The first-order chi connectivity index (χ1) is 8.04. The van der Waals surface area contributed by atoms with Crippen LogP contribution in [0.5, 0.6) is 5.75 Å². The highest BCUT2D eigenvalue weighted by Gasteiger charge is 2.07. The third-order valence-corrected chi connectivity index (χ3v) is 1.85. The molecule has 0 saturated heterocycles. The van der Waals surface area contributed by atoms with Gasteiger partial charge < -0.3 is 15.6 Å². The van der Waals surface area contributed by atoms with E-state index in [0.29, 0.717) is 11.3 Å². The molecule has 0 fully saturated rings. The highest BCUT2D eigenvalue weighted by molar-refractivity contribution is 6.33. The largest absolute Gasteiger partial charge is 0.497 e. The lowest BCUT2D eigenvalue weighted by molar-refractivity contribution is -0.129. The predicted molar refractivity (Wildman–Crippen MR) is 59.7 cm³/mol. The highest BCUT2D eigenvalue weighted by Crippen LogP contribution is 2.10. The summed E-state index contributed by atoms with van der Waals surface area (Å²) < 4.78 is 4.92. The van der Waals surface area contributed by atoms with Crippen molar-refractivity contribution in [3.8, 4) is 5.75 Å². The number of methoxy groups -OCH3 is 1. The van der Waals surface area contributed by atoms with Crippen LogP contribution in [0.15, 0.2) is 29.4 Å². The zero-order valence-corrected chi connectivity index (χ0v) is 9.01. The lowest BCUT2D eigenvalue weighted by Crippen LogP contribution is -2.28. The molecule has 17 heavy (non-hydrogen) atoms. The minimum absolute atomic E-state index is 0.313. The second-order valence-corrected chi connectivity index (χ2v) is 2.97. The molecule has 0 aliphatic carbocycles. The maximum Gasteiger partial charge on any atom is 0.373 e. The summed E-state index contributed by atoms with van der Waals surface area (Å²) >= 11 is 0. The number of nitrogens with zero attached hydrogens (tertiary/aromatic N) is 1. The number of rotatable bonds is 3.